The molecule has 1 aliphatic carbocycles. The maximum atomic E-state index is 13.0. The van der Waals surface area contributed by atoms with Gasteiger partial charge in [-0.2, -0.15) is 4.57 Å². The Kier molecular flexibility index (Phi) is 5.16. The van der Waals surface area contributed by atoms with Crippen molar-refractivity contribution >= 4 is 22.7 Å². The third kappa shape index (κ3) is 2.72. The standard InChI is InChI=1S/C25H21FNS2.BrH/c26-13-12-17-10-11-23(29-17)25(22-9-5-15-28-22)16-21-18-6-1-2-7-19(18)24(25)20-8-3-4-14-27(20)21;/h1-11,14-15,21,24H,12-13,16H2;1H/q+1;/p-1/t21-,24+,25+;/m0./s1/i26-1;. The number of halogens is 2. The van der Waals surface area contributed by atoms with Gasteiger partial charge in [0.15, 0.2) is 17.9 Å². The minimum absolute atomic E-state index is 0. The molecule has 0 spiro atoms. The summed E-state index contributed by atoms with van der Waals surface area (Å²) < 4.78 is 15.5. The topological polar surface area (TPSA) is 3.88 Å². The quantitative estimate of drug-likeness (QED) is 0.382. The minimum atomic E-state index is -0.292. The van der Waals surface area contributed by atoms with Crippen LogP contribution in [0, 0.1) is 0 Å². The van der Waals surface area contributed by atoms with E-state index in [1.165, 1.54) is 26.6 Å². The van der Waals surface area contributed by atoms with Gasteiger partial charge < -0.3 is 17.0 Å². The molecule has 0 saturated carbocycles. The second kappa shape index (κ2) is 7.70. The molecule has 1 nitrogen and oxygen atoms in total. The van der Waals surface area contributed by atoms with Crippen LogP contribution in [0.15, 0.2) is 78.3 Å². The monoisotopic (exact) mass is 496 g/mol. The zero-order valence-electron chi connectivity index (χ0n) is 16.3. The lowest BCUT2D eigenvalue weighted by molar-refractivity contribution is -0.732. The Labute approximate surface area is 194 Å². The second-order valence-electron chi connectivity index (χ2n) is 7.97. The molecule has 2 bridgehead atoms. The van der Waals surface area contributed by atoms with Gasteiger partial charge >= 0.3 is 0 Å². The Balaban J connectivity index is 0.00000193. The fourth-order valence-electron chi connectivity index (χ4n) is 5.52. The van der Waals surface area contributed by atoms with Crippen LogP contribution in [0.3, 0.4) is 0 Å². The highest BCUT2D eigenvalue weighted by Crippen LogP contribution is 2.61. The number of alkyl halides is 1. The molecule has 5 heterocycles. The molecule has 3 atom stereocenters. The van der Waals surface area contributed by atoms with Crippen LogP contribution in [0.25, 0.3) is 0 Å². The van der Waals surface area contributed by atoms with Crippen LogP contribution in [0.5, 0.6) is 0 Å². The van der Waals surface area contributed by atoms with Crippen molar-refractivity contribution in [3.05, 3.63) is 110 Å². The zero-order chi connectivity index (χ0) is 19.4. The Morgan fingerprint density at radius 3 is 2.57 bits per heavy atom. The van der Waals surface area contributed by atoms with Gasteiger partial charge in [0.05, 0.1) is 18.0 Å². The van der Waals surface area contributed by atoms with Crippen LogP contribution in [-0.2, 0) is 11.8 Å². The summed E-state index contributed by atoms with van der Waals surface area (Å²) >= 11 is 3.67. The summed E-state index contributed by atoms with van der Waals surface area (Å²) in [4.78, 5) is 3.95. The number of aromatic nitrogens is 1. The lowest BCUT2D eigenvalue weighted by atomic mass is 9.57. The normalized spacial score (nSPS) is 23.5. The molecule has 0 N–H and O–H groups in total. The third-order valence-electron chi connectivity index (χ3n) is 6.63. The van der Waals surface area contributed by atoms with Gasteiger partial charge in [-0.15, -0.1) is 22.7 Å². The van der Waals surface area contributed by atoms with Crippen LogP contribution in [0.2, 0.25) is 0 Å². The number of rotatable bonds is 4. The van der Waals surface area contributed by atoms with E-state index in [1.807, 2.05) is 22.7 Å². The average molecular weight is 497 g/mol. The van der Waals surface area contributed by atoms with Crippen molar-refractivity contribution in [1.82, 2.24) is 0 Å². The van der Waals surface area contributed by atoms with Crippen molar-refractivity contribution in [2.75, 3.05) is 6.67 Å². The summed E-state index contributed by atoms with van der Waals surface area (Å²) in [6.07, 6.45) is 3.80. The van der Waals surface area contributed by atoms with Gasteiger partial charge in [0.25, 0.3) is 0 Å². The van der Waals surface area contributed by atoms with Gasteiger partial charge in [0.1, 0.15) is 0 Å². The fraction of sp³-hybridized carbons (Fsp3) is 0.240. The third-order valence-corrected chi connectivity index (χ3v) is 9.00. The molecule has 0 fully saturated rings. The molecule has 152 valence electrons. The van der Waals surface area contributed by atoms with Crippen molar-refractivity contribution in [3.63, 3.8) is 0 Å². The van der Waals surface area contributed by atoms with Gasteiger partial charge in [-0.25, -0.2) is 0 Å². The minimum Gasteiger partial charge on any atom is -1.00 e. The number of hydrogen-bond acceptors (Lipinski definition) is 2. The predicted molar refractivity (Wildman–Crippen MR) is 117 cm³/mol. The molecule has 0 radical (unpaired) electrons. The van der Waals surface area contributed by atoms with Crippen LogP contribution < -0.4 is 21.5 Å². The number of aryl methyl sites for hydroxylation is 1. The molecule has 1 aromatic carbocycles. The van der Waals surface area contributed by atoms with Gasteiger partial charge in [-0.3, -0.25) is 4.39 Å². The molecule has 5 heteroatoms. The Hall–Kier alpha value is -1.82. The van der Waals surface area contributed by atoms with Gasteiger partial charge in [-0.1, -0.05) is 36.4 Å². The molecule has 0 unspecified atom stereocenters. The Bertz CT molecular complexity index is 1140. The van der Waals surface area contributed by atoms with Gasteiger partial charge in [0, 0.05) is 45.2 Å². The first-order chi connectivity index (χ1) is 14.3. The highest BCUT2D eigenvalue weighted by Gasteiger charge is 2.60. The molecule has 3 aliphatic rings. The predicted octanol–water partition coefficient (Wildman–Crippen LogP) is 3.04. The van der Waals surface area contributed by atoms with E-state index in [2.05, 4.69) is 82.9 Å². The number of thiophene rings is 2. The van der Waals surface area contributed by atoms with E-state index in [-0.39, 0.29) is 35.0 Å². The number of hydrogen-bond donors (Lipinski definition) is 0. The summed E-state index contributed by atoms with van der Waals surface area (Å²) in [5.74, 6) is 0.264. The Morgan fingerprint density at radius 2 is 1.77 bits per heavy atom. The summed E-state index contributed by atoms with van der Waals surface area (Å²) in [6, 6.07) is 24.8. The van der Waals surface area contributed by atoms with Crippen LogP contribution in [-0.4, -0.2) is 6.67 Å². The van der Waals surface area contributed by atoms with E-state index in [0.717, 1.165) is 11.3 Å². The molecular formula is C25H21BrFNS2. The number of nitrogens with zero attached hydrogens (tertiary/aromatic N) is 1. The number of benzene rings is 1. The maximum absolute atomic E-state index is 13.0. The number of pyridine rings is 1. The van der Waals surface area contributed by atoms with E-state index in [0.29, 0.717) is 12.5 Å². The molecule has 2 aliphatic heterocycles. The molecule has 30 heavy (non-hydrogen) atoms. The highest BCUT2D eigenvalue weighted by molar-refractivity contribution is 7.13. The first-order valence-corrected chi connectivity index (χ1v) is 11.8. The highest BCUT2D eigenvalue weighted by atomic mass is 79.9. The maximum Gasteiger partial charge on any atom is 0.190 e. The van der Waals surface area contributed by atoms with E-state index in [9.17, 15) is 4.39 Å². The van der Waals surface area contributed by atoms with E-state index in [1.54, 1.807) is 0 Å². The van der Waals surface area contributed by atoms with Crippen molar-refractivity contribution in [1.29, 1.82) is 0 Å². The van der Waals surface area contributed by atoms with Crippen LogP contribution in [0.1, 0.15) is 49.8 Å². The fourth-order valence-corrected chi connectivity index (χ4v) is 7.79. The molecular weight excluding hydrogens is 476 g/mol. The average Bonchev–Trinajstić information content (AvgIpc) is 3.47. The summed E-state index contributed by atoms with van der Waals surface area (Å²) in [5.41, 5.74) is 4.20. The van der Waals surface area contributed by atoms with Crippen LogP contribution in [0.4, 0.5) is 4.39 Å². The molecule has 3 aromatic heterocycles. The number of fused-ring (bicyclic) bond motifs is 1. The van der Waals surface area contributed by atoms with Crippen LogP contribution >= 0.6 is 22.7 Å². The molecule has 7 rings (SSSR count). The van der Waals surface area contributed by atoms with E-state index in [4.69, 9.17) is 0 Å². The van der Waals surface area contributed by atoms with Crippen molar-refractivity contribution < 1.29 is 25.9 Å². The SMILES string of the molecule is [18F]CCc1ccc([C@]2(c3cccs3)C[C@H]3c4ccccc4[C@@H]2c2cccc[n+]23)s1.[Br-]. The second-order valence-corrected chi connectivity index (χ2v) is 10.1. The first-order valence-electron chi connectivity index (χ1n) is 10.1. The summed E-state index contributed by atoms with van der Waals surface area (Å²) in [7, 11) is 0. The first kappa shape index (κ1) is 20.1. The largest absolute Gasteiger partial charge is 1.00 e. The summed E-state index contributed by atoms with van der Waals surface area (Å²) in [6.45, 7) is -0.292. The zero-order valence-corrected chi connectivity index (χ0v) is 19.5. The lowest BCUT2D eigenvalue weighted by Crippen LogP contribution is -3.00. The van der Waals surface area contributed by atoms with Gasteiger partial charge in [0.2, 0.25) is 0 Å². The Morgan fingerprint density at radius 1 is 0.933 bits per heavy atom. The smallest absolute Gasteiger partial charge is 0.190 e. The lowest BCUT2D eigenvalue weighted by Gasteiger charge is -2.48. The summed E-state index contributed by atoms with van der Waals surface area (Å²) in [5, 5.41) is 2.19. The van der Waals surface area contributed by atoms with E-state index < -0.39 is 0 Å². The molecule has 0 amide bonds. The molecule has 4 aromatic rings. The van der Waals surface area contributed by atoms with E-state index >= 15 is 0 Å². The molecule has 0 saturated heterocycles. The van der Waals surface area contributed by atoms with Crippen molar-refractivity contribution in [2.45, 2.75) is 30.2 Å². The van der Waals surface area contributed by atoms with Crippen molar-refractivity contribution in [3.8, 4) is 0 Å². The van der Waals surface area contributed by atoms with Gasteiger partial charge in [-0.05, 0) is 29.1 Å². The van der Waals surface area contributed by atoms with Crippen molar-refractivity contribution in [2.24, 2.45) is 0 Å².